The van der Waals surface area contributed by atoms with E-state index in [1.54, 1.807) is 0 Å². The maximum absolute atomic E-state index is 13.1. The van der Waals surface area contributed by atoms with Crippen molar-refractivity contribution in [2.24, 2.45) is 0 Å². The number of carbonyl (C=O) groups excluding carboxylic acids is 1. The van der Waals surface area contributed by atoms with E-state index in [2.05, 4.69) is 10.3 Å². The Morgan fingerprint density at radius 1 is 1.19 bits per heavy atom. The summed E-state index contributed by atoms with van der Waals surface area (Å²) in [6.07, 6.45) is 1.19. The largest absolute Gasteiger partial charge is 0.477 e. The van der Waals surface area contributed by atoms with E-state index in [1.807, 2.05) is 0 Å². The topological polar surface area (TPSA) is 79.3 Å². The number of rotatable bonds is 3. The predicted molar refractivity (Wildman–Crippen MR) is 75.6 cm³/mol. The molecule has 21 heavy (non-hydrogen) atoms. The number of amides is 1. The van der Waals surface area contributed by atoms with Crippen LogP contribution in [0, 0.1) is 5.82 Å². The number of nitrogens with zero attached hydrogens (tertiary/aromatic N) is 1. The Morgan fingerprint density at radius 2 is 1.81 bits per heavy atom. The van der Waals surface area contributed by atoms with Gasteiger partial charge in [0.05, 0.1) is 15.7 Å². The Balaban J connectivity index is 2.30. The van der Waals surface area contributed by atoms with Crippen LogP contribution in [-0.2, 0) is 0 Å². The molecular weight excluding hydrogens is 322 g/mol. The quantitative estimate of drug-likeness (QED) is 0.904. The molecule has 0 aliphatic rings. The first-order chi connectivity index (χ1) is 9.88. The molecule has 0 fully saturated rings. The Morgan fingerprint density at radius 3 is 2.38 bits per heavy atom. The highest BCUT2D eigenvalue weighted by molar-refractivity contribution is 6.40. The molecule has 0 spiro atoms. The van der Waals surface area contributed by atoms with Gasteiger partial charge in [0.25, 0.3) is 5.91 Å². The van der Waals surface area contributed by atoms with E-state index in [0.717, 1.165) is 18.2 Å². The van der Waals surface area contributed by atoms with Gasteiger partial charge in [0.1, 0.15) is 11.5 Å². The number of carboxylic acids is 1. The normalized spacial score (nSPS) is 10.2. The van der Waals surface area contributed by atoms with Crippen molar-refractivity contribution in [3.63, 3.8) is 0 Å². The Kier molecular flexibility index (Phi) is 4.40. The van der Waals surface area contributed by atoms with Crippen molar-refractivity contribution in [3.8, 4) is 0 Å². The van der Waals surface area contributed by atoms with Gasteiger partial charge in [-0.05, 0) is 24.3 Å². The van der Waals surface area contributed by atoms with E-state index >= 15 is 0 Å². The number of hydrogen-bond donors (Lipinski definition) is 2. The van der Waals surface area contributed by atoms with Gasteiger partial charge in [-0.15, -0.1) is 0 Å². The average molecular weight is 329 g/mol. The number of aromatic nitrogens is 1. The zero-order valence-electron chi connectivity index (χ0n) is 10.2. The zero-order chi connectivity index (χ0) is 15.6. The summed E-state index contributed by atoms with van der Waals surface area (Å²) in [7, 11) is 0. The maximum atomic E-state index is 13.1. The van der Waals surface area contributed by atoms with Crippen molar-refractivity contribution in [1.82, 2.24) is 4.98 Å². The van der Waals surface area contributed by atoms with Gasteiger partial charge in [-0.1, -0.05) is 23.2 Å². The maximum Gasteiger partial charge on any atom is 0.354 e. The van der Waals surface area contributed by atoms with Crippen molar-refractivity contribution in [1.29, 1.82) is 0 Å². The smallest absolute Gasteiger partial charge is 0.354 e. The van der Waals surface area contributed by atoms with E-state index in [0.29, 0.717) is 0 Å². The molecule has 0 radical (unpaired) electrons. The predicted octanol–water partition coefficient (Wildman–Crippen LogP) is 3.48. The molecule has 0 aliphatic carbocycles. The molecule has 1 aromatic heterocycles. The lowest BCUT2D eigenvalue weighted by Gasteiger charge is -2.09. The van der Waals surface area contributed by atoms with Crippen LogP contribution in [0.25, 0.3) is 0 Å². The molecule has 1 aromatic carbocycles. The number of anilines is 1. The lowest BCUT2D eigenvalue weighted by Crippen LogP contribution is -2.14. The summed E-state index contributed by atoms with van der Waals surface area (Å²) in [5.41, 5.74) is -0.184. The van der Waals surface area contributed by atoms with Gasteiger partial charge in [0.15, 0.2) is 0 Å². The number of halogens is 3. The molecule has 0 bridgehead atoms. The van der Waals surface area contributed by atoms with Crippen molar-refractivity contribution in [2.45, 2.75) is 0 Å². The van der Waals surface area contributed by atoms with Crippen LogP contribution in [0.1, 0.15) is 20.8 Å². The van der Waals surface area contributed by atoms with Crippen molar-refractivity contribution in [2.75, 3.05) is 5.32 Å². The first kappa shape index (κ1) is 15.2. The highest BCUT2D eigenvalue weighted by Gasteiger charge is 2.15. The summed E-state index contributed by atoms with van der Waals surface area (Å²) in [4.78, 5) is 26.4. The Labute approximate surface area is 128 Å². The lowest BCUT2D eigenvalue weighted by molar-refractivity contribution is 0.0690. The van der Waals surface area contributed by atoms with E-state index < -0.39 is 17.7 Å². The molecule has 2 aromatic rings. The molecule has 0 atom stereocenters. The van der Waals surface area contributed by atoms with Crippen LogP contribution in [-0.4, -0.2) is 22.0 Å². The van der Waals surface area contributed by atoms with Crippen LogP contribution < -0.4 is 5.32 Å². The lowest BCUT2D eigenvalue weighted by atomic mass is 10.2. The van der Waals surface area contributed by atoms with Gasteiger partial charge in [0.2, 0.25) is 0 Å². The SMILES string of the molecule is O=C(Nc1c(Cl)cc(F)cc1Cl)c1ccnc(C(=O)O)c1. The van der Waals surface area contributed by atoms with Crippen LogP contribution in [0.2, 0.25) is 10.0 Å². The Bertz CT molecular complexity index is 714. The van der Waals surface area contributed by atoms with Gasteiger partial charge in [-0.2, -0.15) is 0 Å². The fourth-order valence-corrected chi connectivity index (χ4v) is 2.09. The van der Waals surface area contributed by atoms with Crippen LogP contribution in [0.3, 0.4) is 0 Å². The minimum absolute atomic E-state index is 0.0402. The standard InChI is InChI=1S/C13H7Cl2FN2O3/c14-8-4-7(16)5-9(15)11(8)18-12(19)6-1-2-17-10(3-6)13(20)21/h1-5H,(H,18,19)(H,20,21). The molecule has 2 rings (SSSR count). The molecule has 0 saturated heterocycles. The molecule has 8 heteroatoms. The molecular formula is C13H7Cl2FN2O3. The summed E-state index contributed by atoms with van der Waals surface area (Å²) in [6, 6.07) is 4.42. The number of carboxylic acid groups (broad SMARTS) is 1. The minimum Gasteiger partial charge on any atom is -0.477 e. The zero-order valence-corrected chi connectivity index (χ0v) is 11.7. The van der Waals surface area contributed by atoms with Crippen LogP contribution in [0.5, 0.6) is 0 Å². The second-order valence-electron chi connectivity index (χ2n) is 3.93. The first-order valence-electron chi connectivity index (χ1n) is 5.53. The fraction of sp³-hybridized carbons (Fsp3) is 0. The number of benzene rings is 1. The second-order valence-corrected chi connectivity index (χ2v) is 4.75. The fourth-order valence-electron chi connectivity index (χ4n) is 1.54. The van der Waals surface area contributed by atoms with Gasteiger partial charge >= 0.3 is 5.97 Å². The molecule has 1 heterocycles. The van der Waals surface area contributed by atoms with Gasteiger partial charge in [0, 0.05) is 11.8 Å². The number of aromatic carboxylic acids is 1. The molecule has 1 amide bonds. The van der Waals surface area contributed by atoms with Crippen LogP contribution >= 0.6 is 23.2 Å². The average Bonchev–Trinajstić information content (AvgIpc) is 2.42. The summed E-state index contributed by atoms with van der Waals surface area (Å²) in [5.74, 6) is -2.54. The molecule has 0 aliphatic heterocycles. The first-order valence-corrected chi connectivity index (χ1v) is 6.29. The summed E-state index contributed by atoms with van der Waals surface area (Å²) in [5, 5.41) is 11.1. The van der Waals surface area contributed by atoms with Crippen LogP contribution in [0.15, 0.2) is 30.5 Å². The van der Waals surface area contributed by atoms with E-state index in [1.165, 1.54) is 12.3 Å². The number of nitrogens with one attached hydrogen (secondary N) is 1. The van der Waals surface area contributed by atoms with Crippen molar-refractivity contribution < 1.29 is 19.1 Å². The van der Waals surface area contributed by atoms with Crippen molar-refractivity contribution >= 4 is 40.8 Å². The van der Waals surface area contributed by atoms with Gasteiger partial charge < -0.3 is 10.4 Å². The third-order valence-corrected chi connectivity index (χ3v) is 3.08. The number of hydrogen-bond acceptors (Lipinski definition) is 3. The number of pyridine rings is 1. The molecule has 108 valence electrons. The summed E-state index contributed by atoms with van der Waals surface area (Å²) < 4.78 is 13.1. The Hall–Kier alpha value is -2.18. The third-order valence-electron chi connectivity index (χ3n) is 2.49. The van der Waals surface area contributed by atoms with E-state index in [9.17, 15) is 14.0 Å². The van der Waals surface area contributed by atoms with Crippen molar-refractivity contribution in [3.05, 3.63) is 57.6 Å². The molecule has 5 nitrogen and oxygen atoms in total. The van der Waals surface area contributed by atoms with E-state index in [4.69, 9.17) is 28.3 Å². The highest BCUT2D eigenvalue weighted by atomic mass is 35.5. The molecule has 2 N–H and O–H groups in total. The van der Waals surface area contributed by atoms with Crippen LogP contribution in [0.4, 0.5) is 10.1 Å². The molecule has 0 unspecified atom stereocenters. The highest BCUT2D eigenvalue weighted by Crippen LogP contribution is 2.31. The van der Waals surface area contributed by atoms with Gasteiger partial charge in [-0.25, -0.2) is 14.2 Å². The summed E-state index contributed by atoms with van der Waals surface area (Å²) in [6.45, 7) is 0. The molecule has 0 saturated carbocycles. The monoisotopic (exact) mass is 328 g/mol. The van der Waals surface area contributed by atoms with Gasteiger partial charge in [-0.3, -0.25) is 4.79 Å². The number of carbonyl (C=O) groups is 2. The minimum atomic E-state index is -1.26. The second kappa shape index (κ2) is 6.07. The van der Waals surface area contributed by atoms with E-state index in [-0.39, 0.29) is 27.0 Å². The summed E-state index contributed by atoms with van der Waals surface area (Å²) >= 11 is 11.6. The third kappa shape index (κ3) is 3.48.